The Hall–Kier alpha value is -1.75. The predicted molar refractivity (Wildman–Crippen MR) is 95.2 cm³/mol. The molecule has 0 aromatic heterocycles. The molecule has 1 saturated carbocycles. The molecule has 0 spiro atoms. The van der Waals surface area contributed by atoms with Gasteiger partial charge in [-0.05, 0) is 49.9 Å². The number of benzene rings is 1. The summed E-state index contributed by atoms with van der Waals surface area (Å²) in [7, 11) is 0. The Morgan fingerprint density at radius 1 is 1.00 bits per heavy atom. The minimum atomic E-state index is -0.362. The number of urea groups is 1. The smallest absolute Gasteiger partial charge is 0.322 e. The van der Waals surface area contributed by atoms with Gasteiger partial charge in [0, 0.05) is 23.3 Å². The van der Waals surface area contributed by atoms with E-state index >= 15 is 0 Å². The first-order chi connectivity index (χ1) is 11.6. The molecule has 1 aliphatic carbocycles. The van der Waals surface area contributed by atoms with Crippen LogP contribution in [0.25, 0.3) is 0 Å². The van der Waals surface area contributed by atoms with Crippen LogP contribution in [0.15, 0.2) is 24.3 Å². The molecule has 1 aromatic carbocycles. The highest BCUT2D eigenvalue weighted by atomic mass is 35.5. The van der Waals surface area contributed by atoms with Crippen molar-refractivity contribution in [1.82, 2.24) is 10.2 Å². The molecule has 1 atom stereocenters. The van der Waals surface area contributed by atoms with E-state index in [1.165, 1.54) is 19.3 Å². The first kappa shape index (κ1) is 17.1. The summed E-state index contributed by atoms with van der Waals surface area (Å²) >= 11 is 5.86. The van der Waals surface area contributed by atoms with Crippen LogP contribution in [0.2, 0.25) is 5.02 Å². The lowest BCUT2D eigenvalue weighted by Crippen LogP contribution is -2.50. The van der Waals surface area contributed by atoms with E-state index in [0.29, 0.717) is 17.3 Å². The van der Waals surface area contributed by atoms with Gasteiger partial charge in [0.1, 0.15) is 6.04 Å². The van der Waals surface area contributed by atoms with Crippen molar-refractivity contribution in [3.8, 4) is 0 Å². The number of nitrogens with zero attached hydrogens (tertiary/aromatic N) is 1. The van der Waals surface area contributed by atoms with Gasteiger partial charge in [-0.15, -0.1) is 0 Å². The third-order valence-corrected chi connectivity index (χ3v) is 5.12. The Morgan fingerprint density at radius 3 is 2.42 bits per heavy atom. The van der Waals surface area contributed by atoms with Gasteiger partial charge in [0.2, 0.25) is 5.91 Å². The summed E-state index contributed by atoms with van der Waals surface area (Å²) in [5.41, 5.74) is 0.683. The van der Waals surface area contributed by atoms with Gasteiger partial charge in [0.25, 0.3) is 0 Å². The summed E-state index contributed by atoms with van der Waals surface area (Å²) in [6, 6.07) is 6.66. The Labute approximate surface area is 147 Å². The van der Waals surface area contributed by atoms with Crippen molar-refractivity contribution < 1.29 is 9.59 Å². The molecular weight excluding hydrogens is 326 g/mol. The third-order valence-electron chi connectivity index (χ3n) is 4.86. The van der Waals surface area contributed by atoms with E-state index in [1.807, 2.05) is 0 Å². The summed E-state index contributed by atoms with van der Waals surface area (Å²) in [5, 5.41) is 6.61. The van der Waals surface area contributed by atoms with Crippen molar-refractivity contribution >= 4 is 29.2 Å². The molecule has 0 radical (unpaired) electrons. The van der Waals surface area contributed by atoms with Crippen LogP contribution in [-0.4, -0.2) is 35.5 Å². The summed E-state index contributed by atoms with van der Waals surface area (Å²) in [6.07, 6.45) is 7.30. The maximum atomic E-state index is 12.6. The van der Waals surface area contributed by atoms with Crippen molar-refractivity contribution in [2.24, 2.45) is 0 Å². The van der Waals surface area contributed by atoms with E-state index in [1.54, 1.807) is 29.2 Å². The number of likely N-dealkylation sites (tertiary alicyclic amines) is 1. The molecule has 1 aliphatic heterocycles. The van der Waals surface area contributed by atoms with E-state index in [9.17, 15) is 9.59 Å². The van der Waals surface area contributed by atoms with Crippen LogP contribution in [0.4, 0.5) is 10.5 Å². The van der Waals surface area contributed by atoms with E-state index < -0.39 is 0 Å². The molecule has 5 nitrogen and oxygen atoms in total. The molecule has 0 bridgehead atoms. The molecule has 2 fully saturated rings. The largest absolute Gasteiger partial charge is 0.352 e. The molecule has 24 heavy (non-hydrogen) atoms. The molecular formula is C18H24ClN3O2. The zero-order valence-corrected chi connectivity index (χ0v) is 14.5. The van der Waals surface area contributed by atoms with Crippen LogP contribution < -0.4 is 10.6 Å². The lowest BCUT2D eigenvalue weighted by molar-refractivity contribution is -0.125. The molecule has 1 aromatic rings. The van der Waals surface area contributed by atoms with Crippen LogP contribution in [0.1, 0.15) is 44.9 Å². The zero-order valence-electron chi connectivity index (χ0n) is 13.8. The summed E-state index contributed by atoms with van der Waals surface area (Å²) in [5.74, 6) is -0.00865. The highest BCUT2D eigenvalue weighted by molar-refractivity contribution is 6.30. The Morgan fingerprint density at radius 2 is 1.71 bits per heavy atom. The molecule has 130 valence electrons. The summed E-state index contributed by atoms with van der Waals surface area (Å²) < 4.78 is 0. The number of rotatable bonds is 3. The number of halogens is 1. The molecule has 3 amide bonds. The standard InChI is InChI=1S/C18H24ClN3O2/c19-13-8-10-15(11-9-13)21-18(24)22-12-4-7-16(22)17(23)20-14-5-2-1-3-6-14/h8-11,14,16H,1-7,12H2,(H,20,23)(H,21,24)/t16-/m1/s1. The third kappa shape index (κ3) is 4.20. The Balaban J connectivity index is 1.58. The lowest BCUT2D eigenvalue weighted by Gasteiger charge is -2.28. The van der Waals surface area contributed by atoms with E-state index in [0.717, 1.165) is 25.7 Å². The highest BCUT2D eigenvalue weighted by Gasteiger charge is 2.35. The van der Waals surface area contributed by atoms with Crippen LogP contribution in [0, 0.1) is 0 Å². The maximum Gasteiger partial charge on any atom is 0.322 e. The number of carbonyl (C=O) groups excluding carboxylic acids is 2. The first-order valence-corrected chi connectivity index (χ1v) is 9.15. The second-order valence-electron chi connectivity index (χ2n) is 6.63. The van der Waals surface area contributed by atoms with E-state index in [-0.39, 0.29) is 24.0 Å². The number of anilines is 1. The quantitative estimate of drug-likeness (QED) is 0.872. The van der Waals surface area contributed by atoms with Crippen LogP contribution in [-0.2, 0) is 4.79 Å². The van der Waals surface area contributed by atoms with Crippen LogP contribution >= 0.6 is 11.6 Å². The van der Waals surface area contributed by atoms with Gasteiger partial charge in [0.05, 0.1) is 0 Å². The Bertz CT molecular complexity index is 584. The minimum absolute atomic E-state index is 0.00865. The second-order valence-corrected chi connectivity index (χ2v) is 7.07. The van der Waals surface area contributed by atoms with Gasteiger partial charge in [-0.2, -0.15) is 0 Å². The fourth-order valence-electron chi connectivity index (χ4n) is 3.56. The van der Waals surface area contributed by atoms with Crippen molar-refractivity contribution in [3.63, 3.8) is 0 Å². The molecule has 2 N–H and O–H groups in total. The van der Waals surface area contributed by atoms with Gasteiger partial charge in [-0.3, -0.25) is 4.79 Å². The number of hydrogen-bond acceptors (Lipinski definition) is 2. The zero-order chi connectivity index (χ0) is 16.9. The van der Waals surface area contributed by atoms with Crippen molar-refractivity contribution in [2.45, 2.75) is 57.0 Å². The molecule has 2 aliphatic rings. The van der Waals surface area contributed by atoms with Crippen LogP contribution in [0.3, 0.4) is 0 Å². The molecule has 1 heterocycles. The van der Waals surface area contributed by atoms with Crippen LogP contribution in [0.5, 0.6) is 0 Å². The van der Waals surface area contributed by atoms with Crippen molar-refractivity contribution in [3.05, 3.63) is 29.3 Å². The SMILES string of the molecule is O=C(NC1CCCCC1)[C@H]1CCCN1C(=O)Nc1ccc(Cl)cc1. The number of carbonyl (C=O) groups is 2. The Kier molecular flexibility index (Phi) is 5.61. The average Bonchev–Trinajstić information content (AvgIpc) is 3.08. The predicted octanol–water partition coefficient (Wildman–Crippen LogP) is 3.79. The van der Waals surface area contributed by atoms with E-state index in [4.69, 9.17) is 11.6 Å². The molecule has 1 saturated heterocycles. The molecule has 3 rings (SSSR count). The second kappa shape index (κ2) is 7.88. The number of amides is 3. The van der Waals surface area contributed by atoms with E-state index in [2.05, 4.69) is 10.6 Å². The van der Waals surface area contributed by atoms with Gasteiger partial charge >= 0.3 is 6.03 Å². The van der Waals surface area contributed by atoms with Gasteiger partial charge in [-0.1, -0.05) is 30.9 Å². The highest BCUT2D eigenvalue weighted by Crippen LogP contribution is 2.22. The number of hydrogen-bond donors (Lipinski definition) is 2. The van der Waals surface area contributed by atoms with Gasteiger partial charge in [0.15, 0.2) is 0 Å². The van der Waals surface area contributed by atoms with Crippen molar-refractivity contribution in [2.75, 3.05) is 11.9 Å². The number of nitrogens with one attached hydrogen (secondary N) is 2. The summed E-state index contributed by atoms with van der Waals surface area (Å²) in [4.78, 5) is 26.7. The first-order valence-electron chi connectivity index (χ1n) is 8.77. The van der Waals surface area contributed by atoms with Gasteiger partial charge in [-0.25, -0.2) is 4.79 Å². The normalized spacial score (nSPS) is 21.5. The van der Waals surface area contributed by atoms with Crippen molar-refractivity contribution in [1.29, 1.82) is 0 Å². The average molecular weight is 350 g/mol. The van der Waals surface area contributed by atoms with Gasteiger partial charge < -0.3 is 15.5 Å². The maximum absolute atomic E-state index is 12.6. The monoisotopic (exact) mass is 349 g/mol. The fourth-order valence-corrected chi connectivity index (χ4v) is 3.68. The minimum Gasteiger partial charge on any atom is -0.352 e. The molecule has 0 unspecified atom stereocenters. The lowest BCUT2D eigenvalue weighted by atomic mass is 9.95. The summed E-state index contributed by atoms with van der Waals surface area (Å²) in [6.45, 7) is 0.613. The fraction of sp³-hybridized carbons (Fsp3) is 0.556. The molecule has 6 heteroatoms. The topological polar surface area (TPSA) is 61.4 Å².